The van der Waals surface area contributed by atoms with Crippen LogP contribution in [0, 0.1) is 0 Å². The van der Waals surface area contributed by atoms with Gasteiger partial charge in [-0.25, -0.2) is 13.2 Å². The van der Waals surface area contributed by atoms with Crippen LogP contribution in [0.1, 0.15) is 19.3 Å². The molecule has 3 N–H and O–H groups in total. The van der Waals surface area contributed by atoms with Crippen molar-refractivity contribution in [3.63, 3.8) is 0 Å². The Morgan fingerprint density at radius 2 is 1.96 bits per heavy atom. The van der Waals surface area contributed by atoms with Crippen molar-refractivity contribution in [2.24, 2.45) is 0 Å². The second-order valence-corrected chi connectivity index (χ2v) is 7.59. The van der Waals surface area contributed by atoms with Gasteiger partial charge in [0.1, 0.15) is 12.1 Å². The Kier molecular flexibility index (Phi) is 5.55. The molecule has 2 rings (SSSR count). The molecular weight excluding hydrogens is 336 g/mol. The zero-order valence-corrected chi connectivity index (χ0v) is 13.6. The first-order valence-corrected chi connectivity index (χ1v) is 9.05. The van der Waals surface area contributed by atoms with Gasteiger partial charge in [-0.15, -0.1) is 0 Å². The number of carbonyl (C=O) groups excluding carboxylic acids is 2. The van der Waals surface area contributed by atoms with Crippen LogP contribution in [0.4, 0.5) is 0 Å². The van der Waals surface area contributed by atoms with Crippen molar-refractivity contribution in [1.29, 1.82) is 0 Å². The van der Waals surface area contributed by atoms with E-state index in [2.05, 4.69) is 10.6 Å². The van der Waals surface area contributed by atoms with Gasteiger partial charge in [0.25, 0.3) is 0 Å². The molecular formula is C15H18N2O6S. The maximum absolute atomic E-state index is 12.2. The van der Waals surface area contributed by atoms with Crippen LogP contribution in [0.5, 0.6) is 0 Å². The Bertz CT molecular complexity index is 732. The number of benzene rings is 1. The Balaban J connectivity index is 1.98. The number of hydrogen-bond donors (Lipinski definition) is 3. The molecule has 0 bridgehead atoms. The quantitative estimate of drug-likeness (QED) is 0.616. The van der Waals surface area contributed by atoms with E-state index in [1.165, 1.54) is 12.1 Å². The van der Waals surface area contributed by atoms with Gasteiger partial charge in [-0.3, -0.25) is 9.59 Å². The maximum atomic E-state index is 12.2. The molecule has 0 radical (unpaired) electrons. The highest BCUT2D eigenvalue weighted by molar-refractivity contribution is 7.91. The highest BCUT2D eigenvalue weighted by Crippen LogP contribution is 2.13. The molecule has 1 aliphatic heterocycles. The third-order valence-electron chi connectivity index (χ3n) is 3.70. The third kappa shape index (κ3) is 4.54. The number of rotatable bonds is 7. The van der Waals surface area contributed by atoms with Crippen LogP contribution < -0.4 is 10.6 Å². The van der Waals surface area contributed by atoms with Crippen molar-refractivity contribution in [3.8, 4) is 0 Å². The number of amides is 2. The van der Waals surface area contributed by atoms with Crippen molar-refractivity contribution in [2.75, 3.05) is 5.75 Å². The van der Waals surface area contributed by atoms with Gasteiger partial charge in [-0.05, 0) is 25.0 Å². The molecule has 130 valence electrons. The molecule has 24 heavy (non-hydrogen) atoms. The second-order valence-electron chi connectivity index (χ2n) is 5.48. The minimum atomic E-state index is -3.64. The summed E-state index contributed by atoms with van der Waals surface area (Å²) in [6.45, 7) is 0. The van der Waals surface area contributed by atoms with Gasteiger partial charge in [0.05, 0.1) is 10.6 Å². The monoisotopic (exact) mass is 354 g/mol. The number of hydrogen-bond acceptors (Lipinski definition) is 5. The molecule has 2 atom stereocenters. The summed E-state index contributed by atoms with van der Waals surface area (Å²) in [5.41, 5.74) is 0. The largest absolute Gasteiger partial charge is 0.480 e. The van der Waals surface area contributed by atoms with E-state index in [9.17, 15) is 27.9 Å². The van der Waals surface area contributed by atoms with Crippen LogP contribution >= 0.6 is 0 Å². The average molecular weight is 354 g/mol. The molecule has 0 spiro atoms. The number of carboxylic acids is 1. The first-order valence-electron chi connectivity index (χ1n) is 7.40. The molecule has 0 saturated carbocycles. The molecule has 0 aromatic heterocycles. The first-order chi connectivity index (χ1) is 11.3. The molecule has 1 heterocycles. The Hall–Kier alpha value is -2.42. The smallest absolute Gasteiger partial charge is 0.326 e. The van der Waals surface area contributed by atoms with Gasteiger partial charge < -0.3 is 15.7 Å². The van der Waals surface area contributed by atoms with Crippen LogP contribution in [-0.2, 0) is 24.2 Å². The summed E-state index contributed by atoms with van der Waals surface area (Å²) < 4.78 is 24.4. The lowest BCUT2D eigenvalue weighted by atomic mass is 10.1. The highest BCUT2D eigenvalue weighted by Gasteiger charge is 2.31. The van der Waals surface area contributed by atoms with E-state index < -0.39 is 39.6 Å². The van der Waals surface area contributed by atoms with Crippen molar-refractivity contribution >= 4 is 27.6 Å². The Morgan fingerprint density at radius 3 is 2.50 bits per heavy atom. The van der Waals surface area contributed by atoms with Crippen LogP contribution in [-0.4, -0.2) is 49.1 Å². The summed E-state index contributed by atoms with van der Waals surface area (Å²) in [6, 6.07) is 5.57. The minimum Gasteiger partial charge on any atom is -0.480 e. The number of nitrogens with one attached hydrogen (secondary N) is 2. The van der Waals surface area contributed by atoms with Crippen molar-refractivity contribution in [3.05, 3.63) is 30.3 Å². The molecule has 9 heteroatoms. The Labute approximate surface area is 139 Å². The van der Waals surface area contributed by atoms with E-state index in [0.717, 1.165) is 0 Å². The standard InChI is InChI=1S/C15H18N2O6S/c18-13-7-6-11(16-13)14(19)17-12(15(20)21)8-9-24(22,23)10-4-2-1-3-5-10/h1-5,11-12H,6-9H2,(H,16,18)(H,17,19)(H,20,21)/t11-,12+/m1/s1. The van der Waals surface area contributed by atoms with Gasteiger partial charge in [0.2, 0.25) is 11.8 Å². The zero-order chi connectivity index (χ0) is 17.7. The van der Waals surface area contributed by atoms with Crippen LogP contribution in [0.3, 0.4) is 0 Å². The highest BCUT2D eigenvalue weighted by atomic mass is 32.2. The van der Waals surface area contributed by atoms with Crippen molar-refractivity contribution < 1.29 is 27.9 Å². The van der Waals surface area contributed by atoms with E-state index in [4.69, 9.17) is 0 Å². The van der Waals surface area contributed by atoms with E-state index in [1.54, 1.807) is 18.2 Å². The summed E-state index contributed by atoms with van der Waals surface area (Å²) in [5.74, 6) is -2.62. The average Bonchev–Trinajstić information content (AvgIpc) is 2.98. The predicted molar refractivity (Wildman–Crippen MR) is 83.8 cm³/mol. The predicted octanol–water partition coefficient (Wildman–Crippen LogP) is -0.302. The number of aliphatic carboxylic acids is 1. The first kappa shape index (κ1) is 17.9. The van der Waals surface area contributed by atoms with Crippen LogP contribution in [0.15, 0.2) is 35.2 Å². The fraction of sp³-hybridized carbons (Fsp3) is 0.400. The molecule has 1 saturated heterocycles. The van der Waals surface area contributed by atoms with Gasteiger partial charge in [0.15, 0.2) is 9.84 Å². The SMILES string of the molecule is O=C1CC[C@H](C(=O)N[C@@H](CCS(=O)(=O)c2ccccc2)C(=O)O)N1. The minimum absolute atomic E-state index is 0.100. The Morgan fingerprint density at radius 1 is 1.29 bits per heavy atom. The number of sulfone groups is 1. The molecule has 1 fully saturated rings. The normalized spacial score (nSPS) is 18.7. The fourth-order valence-electron chi connectivity index (χ4n) is 2.36. The van der Waals surface area contributed by atoms with Crippen molar-refractivity contribution in [1.82, 2.24) is 10.6 Å². The molecule has 1 aliphatic rings. The van der Waals surface area contributed by atoms with Gasteiger partial charge in [-0.1, -0.05) is 18.2 Å². The molecule has 1 aromatic rings. The third-order valence-corrected chi connectivity index (χ3v) is 5.47. The number of carbonyl (C=O) groups is 3. The lowest BCUT2D eigenvalue weighted by Crippen LogP contribution is -2.49. The molecule has 0 unspecified atom stereocenters. The summed E-state index contributed by atoms with van der Waals surface area (Å²) in [4.78, 5) is 34.4. The molecule has 2 amide bonds. The summed E-state index contributed by atoms with van der Waals surface area (Å²) in [5, 5.41) is 13.9. The van der Waals surface area contributed by atoms with E-state index in [0.29, 0.717) is 6.42 Å². The maximum Gasteiger partial charge on any atom is 0.326 e. The molecule has 1 aromatic carbocycles. The topological polar surface area (TPSA) is 130 Å². The molecule has 0 aliphatic carbocycles. The van der Waals surface area contributed by atoms with Crippen molar-refractivity contribution in [2.45, 2.75) is 36.2 Å². The number of carboxylic acid groups (broad SMARTS) is 1. The summed E-state index contributed by atoms with van der Waals surface area (Å²) in [7, 11) is -3.64. The van der Waals surface area contributed by atoms with Gasteiger partial charge >= 0.3 is 5.97 Å². The lowest BCUT2D eigenvalue weighted by molar-refractivity contribution is -0.142. The second kappa shape index (κ2) is 7.43. The zero-order valence-electron chi connectivity index (χ0n) is 12.8. The lowest BCUT2D eigenvalue weighted by Gasteiger charge is -2.17. The van der Waals surface area contributed by atoms with E-state index in [1.807, 2.05) is 0 Å². The van der Waals surface area contributed by atoms with Gasteiger partial charge in [0, 0.05) is 6.42 Å². The van der Waals surface area contributed by atoms with E-state index >= 15 is 0 Å². The summed E-state index contributed by atoms with van der Waals surface area (Å²) in [6.07, 6.45) is 0.233. The van der Waals surface area contributed by atoms with E-state index in [-0.39, 0.29) is 23.6 Å². The molecule has 8 nitrogen and oxygen atoms in total. The fourth-order valence-corrected chi connectivity index (χ4v) is 3.71. The van der Waals surface area contributed by atoms with Crippen LogP contribution in [0.25, 0.3) is 0 Å². The van der Waals surface area contributed by atoms with Gasteiger partial charge in [-0.2, -0.15) is 0 Å². The summed E-state index contributed by atoms with van der Waals surface area (Å²) >= 11 is 0. The van der Waals surface area contributed by atoms with Crippen LogP contribution in [0.2, 0.25) is 0 Å².